The van der Waals surface area contributed by atoms with E-state index in [-0.39, 0.29) is 17.7 Å². The molecule has 0 N–H and O–H groups in total. The lowest BCUT2D eigenvalue weighted by atomic mass is 10.1. The minimum atomic E-state index is -0.319. The third-order valence-electron chi connectivity index (χ3n) is 3.38. The molecule has 1 heterocycles. The number of nitriles is 1. The zero-order chi connectivity index (χ0) is 13.8. The van der Waals surface area contributed by atoms with Crippen molar-refractivity contribution >= 4 is 5.97 Å². The second-order valence-corrected chi connectivity index (χ2v) is 4.66. The van der Waals surface area contributed by atoms with Gasteiger partial charge in [-0.25, -0.2) is 4.39 Å². The van der Waals surface area contributed by atoms with Gasteiger partial charge in [0, 0.05) is 18.7 Å². The van der Waals surface area contributed by atoms with Crippen LogP contribution in [0.5, 0.6) is 0 Å². The number of hydrogen-bond acceptors (Lipinski definition) is 4. The minimum Gasteiger partial charge on any atom is -0.469 e. The Bertz CT molecular complexity index is 525. The molecule has 4 nitrogen and oxygen atoms in total. The molecule has 100 valence electrons. The summed E-state index contributed by atoms with van der Waals surface area (Å²) >= 11 is 0. The predicted molar refractivity (Wildman–Crippen MR) is 66.5 cm³/mol. The van der Waals surface area contributed by atoms with E-state index in [0.29, 0.717) is 24.2 Å². The number of methoxy groups -OCH3 is 1. The third kappa shape index (κ3) is 3.09. The van der Waals surface area contributed by atoms with Gasteiger partial charge in [-0.3, -0.25) is 9.69 Å². The van der Waals surface area contributed by atoms with Crippen LogP contribution in [0.3, 0.4) is 0 Å². The summed E-state index contributed by atoms with van der Waals surface area (Å²) in [5, 5.41) is 8.81. The summed E-state index contributed by atoms with van der Waals surface area (Å²) < 4.78 is 18.4. The van der Waals surface area contributed by atoms with Gasteiger partial charge in [-0.2, -0.15) is 5.26 Å². The first kappa shape index (κ1) is 13.5. The van der Waals surface area contributed by atoms with Gasteiger partial charge >= 0.3 is 5.97 Å². The van der Waals surface area contributed by atoms with Crippen molar-refractivity contribution < 1.29 is 13.9 Å². The average Bonchev–Trinajstić information content (AvgIpc) is 2.89. The van der Waals surface area contributed by atoms with Crippen molar-refractivity contribution in [3.05, 3.63) is 35.1 Å². The van der Waals surface area contributed by atoms with Crippen molar-refractivity contribution in [3.8, 4) is 6.07 Å². The van der Waals surface area contributed by atoms with Crippen LogP contribution in [0.4, 0.5) is 4.39 Å². The maximum atomic E-state index is 13.7. The van der Waals surface area contributed by atoms with E-state index in [4.69, 9.17) is 10.00 Å². The zero-order valence-corrected chi connectivity index (χ0v) is 10.7. The van der Waals surface area contributed by atoms with Crippen LogP contribution < -0.4 is 0 Å². The number of rotatable bonds is 3. The first-order valence-electron chi connectivity index (χ1n) is 6.12. The molecule has 5 heteroatoms. The molecule has 0 radical (unpaired) electrons. The number of esters is 1. The summed E-state index contributed by atoms with van der Waals surface area (Å²) in [7, 11) is 1.38. The van der Waals surface area contributed by atoms with Gasteiger partial charge in [0.05, 0.1) is 24.7 Å². The Morgan fingerprint density at radius 1 is 1.63 bits per heavy atom. The Hall–Kier alpha value is -1.93. The smallest absolute Gasteiger partial charge is 0.310 e. The summed E-state index contributed by atoms with van der Waals surface area (Å²) in [5.41, 5.74) is 0.935. The monoisotopic (exact) mass is 262 g/mol. The van der Waals surface area contributed by atoms with Crippen molar-refractivity contribution in [1.82, 2.24) is 4.90 Å². The fourth-order valence-corrected chi connectivity index (χ4v) is 2.34. The van der Waals surface area contributed by atoms with Crippen LogP contribution in [0.2, 0.25) is 0 Å². The van der Waals surface area contributed by atoms with E-state index in [1.807, 2.05) is 11.0 Å². The molecule has 1 atom stereocenters. The summed E-state index contributed by atoms with van der Waals surface area (Å²) in [5.74, 6) is -0.665. The lowest BCUT2D eigenvalue weighted by Crippen LogP contribution is -2.24. The quantitative estimate of drug-likeness (QED) is 0.778. The molecule has 2 rings (SSSR count). The molecule has 0 aliphatic carbocycles. The maximum Gasteiger partial charge on any atom is 0.310 e. The van der Waals surface area contributed by atoms with Gasteiger partial charge in [-0.1, -0.05) is 0 Å². The van der Waals surface area contributed by atoms with Gasteiger partial charge in [-0.05, 0) is 31.2 Å². The number of benzene rings is 1. The molecule has 1 fully saturated rings. The molecule has 0 aromatic heterocycles. The number of carbonyl (C=O) groups excluding carboxylic acids is 1. The van der Waals surface area contributed by atoms with Crippen molar-refractivity contribution in [2.75, 3.05) is 20.2 Å². The Balaban J connectivity index is 2.03. The van der Waals surface area contributed by atoms with E-state index in [0.717, 1.165) is 13.0 Å². The standard InChI is InChI=1S/C14H15FN2O2/c1-19-14(18)11-4-5-17(8-11)9-12-6-10(7-16)2-3-13(12)15/h2-3,6,11H,4-5,8-9H2,1H3. The Morgan fingerprint density at radius 2 is 2.42 bits per heavy atom. The molecule has 0 saturated carbocycles. The molecular formula is C14H15FN2O2. The number of ether oxygens (including phenoxy) is 1. The van der Waals surface area contributed by atoms with Crippen LogP contribution in [0.1, 0.15) is 17.5 Å². The molecule has 0 spiro atoms. The molecule has 0 bridgehead atoms. The van der Waals surface area contributed by atoms with Crippen LogP contribution in [0, 0.1) is 23.1 Å². The van der Waals surface area contributed by atoms with Crippen LogP contribution in [0.25, 0.3) is 0 Å². The molecule has 1 aromatic rings. The van der Waals surface area contributed by atoms with Crippen molar-refractivity contribution in [1.29, 1.82) is 5.26 Å². The highest BCUT2D eigenvalue weighted by Gasteiger charge is 2.29. The summed E-state index contributed by atoms with van der Waals surface area (Å²) in [6, 6.07) is 6.32. The Morgan fingerprint density at radius 3 is 3.11 bits per heavy atom. The van der Waals surface area contributed by atoms with Crippen LogP contribution in [-0.2, 0) is 16.1 Å². The van der Waals surface area contributed by atoms with Crippen LogP contribution in [-0.4, -0.2) is 31.1 Å². The topological polar surface area (TPSA) is 53.3 Å². The summed E-state index contributed by atoms with van der Waals surface area (Å²) in [6.07, 6.45) is 0.728. The highest BCUT2D eigenvalue weighted by atomic mass is 19.1. The number of nitrogens with zero attached hydrogens (tertiary/aromatic N) is 2. The van der Waals surface area contributed by atoms with Crippen molar-refractivity contribution in [2.45, 2.75) is 13.0 Å². The van der Waals surface area contributed by atoms with Gasteiger partial charge in [0.2, 0.25) is 0 Å². The van der Waals surface area contributed by atoms with Crippen LogP contribution >= 0.6 is 0 Å². The molecule has 19 heavy (non-hydrogen) atoms. The van der Waals surface area contributed by atoms with Gasteiger partial charge in [-0.15, -0.1) is 0 Å². The van der Waals surface area contributed by atoms with E-state index < -0.39 is 0 Å². The second kappa shape index (κ2) is 5.81. The van der Waals surface area contributed by atoms with Gasteiger partial charge in [0.1, 0.15) is 5.82 Å². The number of likely N-dealkylation sites (tertiary alicyclic amines) is 1. The fourth-order valence-electron chi connectivity index (χ4n) is 2.34. The normalized spacial score (nSPS) is 19.1. The molecule has 1 aliphatic rings. The minimum absolute atomic E-state index is 0.132. The Kier molecular flexibility index (Phi) is 4.13. The molecule has 1 saturated heterocycles. The highest BCUT2D eigenvalue weighted by Crippen LogP contribution is 2.21. The lowest BCUT2D eigenvalue weighted by Gasteiger charge is -2.16. The lowest BCUT2D eigenvalue weighted by molar-refractivity contribution is -0.144. The van der Waals surface area contributed by atoms with Crippen LogP contribution in [0.15, 0.2) is 18.2 Å². The number of carbonyl (C=O) groups is 1. The highest BCUT2D eigenvalue weighted by molar-refractivity contribution is 5.72. The molecule has 1 aromatic carbocycles. The van der Waals surface area contributed by atoms with Crippen molar-refractivity contribution in [2.24, 2.45) is 5.92 Å². The van der Waals surface area contributed by atoms with E-state index in [2.05, 4.69) is 0 Å². The van der Waals surface area contributed by atoms with Crippen molar-refractivity contribution in [3.63, 3.8) is 0 Å². The summed E-state index contributed by atoms with van der Waals surface area (Å²) in [6.45, 7) is 1.72. The Labute approximate surface area is 111 Å². The zero-order valence-electron chi connectivity index (χ0n) is 10.7. The summed E-state index contributed by atoms with van der Waals surface area (Å²) in [4.78, 5) is 13.4. The molecule has 1 unspecified atom stereocenters. The van der Waals surface area contributed by atoms with E-state index in [1.54, 1.807) is 6.07 Å². The average molecular weight is 262 g/mol. The largest absolute Gasteiger partial charge is 0.469 e. The molecule has 0 amide bonds. The maximum absolute atomic E-state index is 13.7. The van der Waals surface area contributed by atoms with E-state index >= 15 is 0 Å². The molecular weight excluding hydrogens is 247 g/mol. The fraction of sp³-hybridized carbons (Fsp3) is 0.429. The van der Waals surface area contributed by atoms with E-state index in [9.17, 15) is 9.18 Å². The van der Waals surface area contributed by atoms with Gasteiger partial charge < -0.3 is 4.74 Å². The second-order valence-electron chi connectivity index (χ2n) is 4.66. The van der Waals surface area contributed by atoms with E-state index in [1.165, 1.54) is 19.2 Å². The number of halogens is 1. The molecule has 1 aliphatic heterocycles. The van der Waals surface area contributed by atoms with Gasteiger partial charge in [0.15, 0.2) is 0 Å². The predicted octanol–water partition coefficient (Wildman–Crippen LogP) is 1.69. The first-order chi connectivity index (χ1) is 9.13. The van der Waals surface area contributed by atoms with Gasteiger partial charge in [0.25, 0.3) is 0 Å². The third-order valence-corrected chi connectivity index (χ3v) is 3.38. The SMILES string of the molecule is COC(=O)C1CCN(Cc2cc(C#N)ccc2F)C1. The first-order valence-corrected chi connectivity index (χ1v) is 6.12. The number of hydrogen-bond donors (Lipinski definition) is 0.